The molecular weight excluding hydrogens is 407 g/mol. The molecule has 0 aliphatic carbocycles. The van der Waals surface area contributed by atoms with Crippen LogP contribution in [0.3, 0.4) is 0 Å². The molecular formula is C19H16Cl2N2O3S. The van der Waals surface area contributed by atoms with Crippen molar-refractivity contribution in [3.63, 3.8) is 0 Å². The Morgan fingerprint density at radius 1 is 1.19 bits per heavy atom. The maximum atomic E-state index is 12.6. The fourth-order valence-corrected chi connectivity index (χ4v) is 3.59. The zero-order valence-electron chi connectivity index (χ0n) is 14.6. The van der Waals surface area contributed by atoms with Gasteiger partial charge in [-0.15, -0.1) is 11.3 Å². The Kier molecular flexibility index (Phi) is 6.21. The molecule has 8 heteroatoms. The van der Waals surface area contributed by atoms with Crippen molar-refractivity contribution in [1.29, 1.82) is 0 Å². The lowest BCUT2D eigenvalue weighted by molar-refractivity contribution is 0.103. The van der Waals surface area contributed by atoms with E-state index in [0.717, 1.165) is 0 Å². The van der Waals surface area contributed by atoms with E-state index in [1.54, 1.807) is 49.4 Å². The molecule has 0 spiro atoms. The molecule has 0 atom stereocenters. The van der Waals surface area contributed by atoms with E-state index in [4.69, 9.17) is 32.7 Å². The van der Waals surface area contributed by atoms with Crippen LogP contribution in [0.1, 0.15) is 20.4 Å². The van der Waals surface area contributed by atoms with Gasteiger partial charge in [0.05, 0.1) is 17.8 Å². The number of hydrogen-bond acceptors (Lipinski definition) is 5. The van der Waals surface area contributed by atoms with Gasteiger partial charge in [-0.1, -0.05) is 23.2 Å². The van der Waals surface area contributed by atoms with Crippen molar-refractivity contribution < 1.29 is 14.3 Å². The summed E-state index contributed by atoms with van der Waals surface area (Å²) >= 11 is 13.2. The van der Waals surface area contributed by atoms with Crippen LogP contribution in [-0.4, -0.2) is 18.0 Å². The van der Waals surface area contributed by atoms with Crippen molar-refractivity contribution in [2.45, 2.75) is 13.5 Å². The van der Waals surface area contributed by atoms with Crippen molar-refractivity contribution >= 4 is 46.1 Å². The number of carbonyl (C=O) groups is 1. The molecule has 5 nitrogen and oxygen atoms in total. The van der Waals surface area contributed by atoms with Gasteiger partial charge in [0, 0.05) is 10.7 Å². The van der Waals surface area contributed by atoms with E-state index in [2.05, 4.69) is 10.3 Å². The van der Waals surface area contributed by atoms with Crippen LogP contribution >= 0.6 is 34.5 Å². The van der Waals surface area contributed by atoms with Gasteiger partial charge in [-0.25, -0.2) is 4.98 Å². The van der Waals surface area contributed by atoms with E-state index in [-0.39, 0.29) is 12.5 Å². The summed E-state index contributed by atoms with van der Waals surface area (Å²) in [4.78, 5) is 17.5. The number of anilines is 1. The quantitative estimate of drug-likeness (QED) is 0.561. The Bertz CT molecular complexity index is 958. The molecule has 0 fully saturated rings. The van der Waals surface area contributed by atoms with Gasteiger partial charge in [0.25, 0.3) is 5.91 Å². The van der Waals surface area contributed by atoms with E-state index in [1.807, 2.05) is 0 Å². The topological polar surface area (TPSA) is 60.5 Å². The number of nitrogens with one attached hydrogen (secondary N) is 1. The summed E-state index contributed by atoms with van der Waals surface area (Å²) in [6, 6.07) is 12.1. The van der Waals surface area contributed by atoms with Crippen LogP contribution in [0.25, 0.3) is 0 Å². The monoisotopic (exact) mass is 422 g/mol. The largest absolute Gasteiger partial charge is 0.495 e. The summed E-state index contributed by atoms with van der Waals surface area (Å²) in [5, 5.41) is 4.60. The molecule has 0 aliphatic heterocycles. The number of nitrogens with zero attached hydrogens (tertiary/aromatic N) is 1. The van der Waals surface area contributed by atoms with Gasteiger partial charge in [0.1, 0.15) is 28.0 Å². The van der Waals surface area contributed by atoms with Crippen molar-refractivity contribution in [3.8, 4) is 11.5 Å². The van der Waals surface area contributed by atoms with Gasteiger partial charge in [0.2, 0.25) is 0 Å². The van der Waals surface area contributed by atoms with Crippen molar-refractivity contribution in [3.05, 3.63) is 68.1 Å². The van der Waals surface area contributed by atoms with Gasteiger partial charge in [-0.05, 0) is 49.4 Å². The third-order valence-electron chi connectivity index (χ3n) is 3.63. The fraction of sp³-hybridized carbons (Fsp3) is 0.158. The van der Waals surface area contributed by atoms with Crippen LogP contribution in [0, 0.1) is 6.92 Å². The Hall–Kier alpha value is -2.28. The maximum Gasteiger partial charge on any atom is 0.267 e. The number of ether oxygens (including phenoxy) is 2. The lowest BCUT2D eigenvalue weighted by Crippen LogP contribution is -2.11. The number of thiazole rings is 1. The molecule has 1 heterocycles. The summed E-state index contributed by atoms with van der Waals surface area (Å²) in [7, 11) is 1.54. The highest BCUT2D eigenvalue weighted by Gasteiger charge is 2.16. The van der Waals surface area contributed by atoms with E-state index in [1.165, 1.54) is 18.4 Å². The van der Waals surface area contributed by atoms with Crippen molar-refractivity contribution in [1.82, 2.24) is 4.98 Å². The fourth-order valence-electron chi connectivity index (χ4n) is 2.33. The van der Waals surface area contributed by atoms with E-state index >= 15 is 0 Å². The number of methoxy groups -OCH3 is 1. The van der Waals surface area contributed by atoms with E-state index in [9.17, 15) is 4.79 Å². The normalized spacial score (nSPS) is 10.5. The van der Waals surface area contributed by atoms with Gasteiger partial charge in [0.15, 0.2) is 0 Å². The second-order valence-electron chi connectivity index (χ2n) is 5.57. The Balaban J connectivity index is 1.67. The molecule has 0 bridgehead atoms. The molecule has 140 valence electrons. The number of amides is 1. The molecule has 0 radical (unpaired) electrons. The first-order valence-electron chi connectivity index (χ1n) is 7.96. The van der Waals surface area contributed by atoms with Crippen LogP contribution in [-0.2, 0) is 6.61 Å². The van der Waals surface area contributed by atoms with E-state index in [0.29, 0.717) is 42.8 Å². The molecule has 0 saturated heterocycles. The van der Waals surface area contributed by atoms with Crippen molar-refractivity contribution in [2.75, 3.05) is 12.4 Å². The summed E-state index contributed by atoms with van der Waals surface area (Å²) < 4.78 is 10.8. The Morgan fingerprint density at radius 2 is 1.93 bits per heavy atom. The standard InChI is InChI=1S/C19H16Cl2N2O3S/c1-11-18(19(24)23-13-5-8-16(25-2)15(21)9-13)27-17(22-11)10-26-14-6-3-12(20)4-7-14/h3-9H,10H2,1-2H3,(H,23,24). The third kappa shape index (κ3) is 4.91. The van der Waals surface area contributed by atoms with Gasteiger partial charge < -0.3 is 14.8 Å². The number of aryl methyl sites for hydroxylation is 1. The first-order valence-corrected chi connectivity index (χ1v) is 9.53. The molecule has 1 aromatic heterocycles. The molecule has 0 aliphatic rings. The molecule has 27 heavy (non-hydrogen) atoms. The molecule has 1 amide bonds. The highest BCUT2D eigenvalue weighted by atomic mass is 35.5. The van der Waals surface area contributed by atoms with Crippen molar-refractivity contribution in [2.24, 2.45) is 0 Å². The predicted octanol–water partition coefficient (Wildman–Crippen LogP) is 5.60. The van der Waals surface area contributed by atoms with E-state index < -0.39 is 0 Å². The first kappa shape index (κ1) is 19.5. The number of hydrogen-bond donors (Lipinski definition) is 1. The zero-order chi connectivity index (χ0) is 19.4. The average molecular weight is 423 g/mol. The minimum absolute atomic E-state index is 0.246. The molecule has 2 aromatic carbocycles. The smallest absolute Gasteiger partial charge is 0.267 e. The third-order valence-corrected chi connectivity index (χ3v) is 5.31. The lowest BCUT2D eigenvalue weighted by atomic mass is 10.3. The number of carbonyl (C=O) groups excluding carboxylic acids is 1. The number of rotatable bonds is 6. The Morgan fingerprint density at radius 3 is 2.59 bits per heavy atom. The number of benzene rings is 2. The number of aromatic nitrogens is 1. The lowest BCUT2D eigenvalue weighted by Gasteiger charge is -2.07. The average Bonchev–Trinajstić information content (AvgIpc) is 3.02. The minimum Gasteiger partial charge on any atom is -0.495 e. The zero-order valence-corrected chi connectivity index (χ0v) is 16.9. The maximum absolute atomic E-state index is 12.6. The molecule has 0 saturated carbocycles. The van der Waals surface area contributed by atoms with Crippen LogP contribution in [0.5, 0.6) is 11.5 Å². The number of halogens is 2. The second kappa shape index (κ2) is 8.61. The van der Waals surface area contributed by atoms with Crippen LogP contribution in [0.2, 0.25) is 10.0 Å². The SMILES string of the molecule is COc1ccc(NC(=O)c2sc(COc3ccc(Cl)cc3)nc2C)cc1Cl. The van der Waals surface area contributed by atoms with Crippen LogP contribution in [0.15, 0.2) is 42.5 Å². The summed E-state index contributed by atoms with van der Waals surface area (Å²) in [6.07, 6.45) is 0. The highest BCUT2D eigenvalue weighted by molar-refractivity contribution is 7.13. The minimum atomic E-state index is -0.246. The summed E-state index contributed by atoms with van der Waals surface area (Å²) in [5.74, 6) is 0.986. The van der Waals surface area contributed by atoms with Gasteiger partial charge >= 0.3 is 0 Å². The van der Waals surface area contributed by atoms with Crippen LogP contribution in [0.4, 0.5) is 5.69 Å². The highest BCUT2D eigenvalue weighted by Crippen LogP contribution is 2.28. The van der Waals surface area contributed by atoms with Gasteiger partial charge in [-0.2, -0.15) is 0 Å². The molecule has 3 aromatic rings. The van der Waals surface area contributed by atoms with Gasteiger partial charge in [-0.3, -0.25) is 4.79 Å². The molecule has 1 N–H and O–H groups in total. The van der Waals surface area contributed by atoms with Crippen LogP contribution < -0.4 is 14.8 Å². The predicted molar refractivity (Wildman–Crippen MR) is 109 cm³/mol. The molecule has 0 unspecified atom stereocenters. The second-order valence-corrected chi connectivity index (χ2v) is 7.50. The molecule has 3 rings (SSSR count). The Labute approximate surface area is 170 Å². The first-order chi connectivity index (χ1) is 13.0. The summed E-state index contributed by atoms with van der Waals surface area (Å²) in [5.41, 5.74) is 1.23. The summed E-state index contributed by atoms with van der Waals surface area (Å²) in [6.45, 7) is 2.06.